The van der Waals surface area contributed by atoms with Crippen LogP contribution in [0.1, 0.15) is 48.1 Å². The molecule has 3 heterocycles. The van der Waals surface area contributed by atoms with E-state index in [0.29, 0.717) is 5.92 Å². The van der Waals surface area contributed by atoms with Crippen LogP contribution in [-0.2, 0) is 19.4 Å². The molecule has 0 radical (unpaired) electrons. The van der Waals surface area contributed by atoms with Crippen LogP contribution in [0.2, 0.25) is 0 Å². The predicted octanol–water partition coefficient (Wildman–Crippen LogP) is 2.23. The van der Waals surface area contributed by atoms with E-state index in [0.717, 1.165) is 31.8 Å². The maximum absolute atomic E-state index is 4.81. The highest BCUT2D eigenvalue weighted by molar-refractivity contribution is 5.31. The second-order valence-electron chi connectivity index (χ2n) is 5.56. The lowest BCUT2D eigenvalue weighted by Gasteiger charge is -2.21. The van der Waals surface area contributed by atoms with Crippen molar-refractivity contribution in [1.29, 1.82) is 0 Å². The van der Waals surface area contributed by atoms with E-state index in [1.54, 1.807) is 0 Å². The zero-order valence-electron chi connectivity index (χ0n) is 12.1. The lowest BCUT2D eigenvalue weighted by molar-refractivity contribution is 0.602. The minimum absolute atomic E-state index is 0.433. The van der Waals surface area contributed by atoms with Crippen LogP contribution in [0.4, 0.5) is 0 Å². The fourth-order valence-corrected chi connectivity index (χ4v) is 2.66. The van der Waals surface area contributed by atoms with Crippen LogP contribution in [0.3, 0.4) is 0 Å². The maximum atomic E-state index is 4.81. The SMILES string of the molecule is CC(C)c1nc(Cc2ccncc2)nc2c1CNCC2. The number of aromatic nitrogens is 3. The van der Waals surface area contributed by atoms with Crippen LogP contribution in [0.25, 0.3) is 0 Å². The number of pyridine rings is 1. The Hall–Kier alpha value is -1.81. The largest absolute Gasteiger partial charge is 0.312 e. The molecule has 0 saturated carbocycles. The molecule has 0 fully saturated rings. The van der Waals surface area contributed by atoms with Gasteiger partial charge in [0.25, 0.3) is 0 Å². The number of hydrogen-bond donors (Lipinski definition) is 1. The Labute approximate surface area is 119 Å². The summed E-state index contributed by atoms with van der Waals surface area (Å²) in [6, 6.07) is 4.05. The highest BCUT2D eigenvalue weighted by atomic mass is 15.0. The van der Waals surface area contributed by atoms with Crippen LogP contribution >= 0.6 is 0 Å². The monoisotopic (exact) mass is 268 g/mol. The average Bonchev–Trinajstić information content (AvgIpc) is 2.47. The minimum Gasteiger partial charge on any atom is -0.312 e. The lowest BCUT2D eigenvalue weighted by atomic mass is 9.98. The second kappa shape index (κ2) is 5.67. The van der Waals surface area contributed by atoms with Crippen molar-refractivity contribution in [3.05, 3.63) is 52.9 Å². The van der Waals surface area contributed by atoms with Gasteiger partial charge in [0, 0.05) is 43.9 Å². The topological polar surface area (TPSA) is 50.7 Å². The number of hydrogen-bond acceptors (Lipinski definition) is 4. The molecule has 0 amide bonds. The van der Waals surface area contributed by atoms with E-state index in [2.05, 4.69) is 24.1 Å². The standard InChI is InChI=1S/C16H20N4/c1-11(2)16-13-10-18-8-5-14(13)19-15(20-16)9-12-3-6-17-7-4-12/h3-4,6-7,11,18H,5,8-10H2,1-2H3. The summed E-state index contributed by atoms with van der Waals surface area (Å²) in [6.07, 6.45) is 5.42. The Kier molecular flexibility index (Phi) is 3.74. The van der Waals surface area contributed by atoms with Gasteiger partial charge in [0.2, 0.25) is 0 Å². The molecule has 3 rings (SSSR count). The molecular weight excluding hydrogens is 248 g/mol. The first-order valence-corrected chi connectivity index (χ1v) is 7.22. The van der Waals surface area contributed by atoms with Crippen LogP contribution < -0.4 is 5.32 Å². The van der Waals surface area contributed by atoms with E-state index in [9.17, 15) is 0 Å². The van der Waals surface area contributed by atoms with Crippen molar-refractivity contribution in [2.24, 2.45) is 0 Å². The van der Waals surface area contributed by atoms with Gasteiger partial charge < -0.3 is 5.32 Å². The van der Waals surface area contributed by atoms with E-state index >= 15 is 0 Å². The molecule has 0 bridgehead atoms. The summed E-state index contributed by atoms with van der Waals surface area (Å²) in [5.74, 6) is 1.36. The van der Waals surface area contributed by atoms with E-state index in [1.165, 1.54) is 22.5 Å². The first-order valence-electron chi connectivity index (χ1n) is 7.22. The lowest BCUT2D eigenvalue weighted by Crippen LogP contribution is -2.27. The van der Waals surface area contributed by atoms with Crippen molar-refractivity contribution in [1.82, 2.24) is 20.3 Å². The maximum Gasteiger partial charge on any atom is 0.133 e. The van der Waals surface area contributed by atoms with Crippen LogP contribution in [0.15, 0.2) is 24.5 Å². The number of nitrogens with one attached hydrogen (secondary N) is 1. The highest BCUT2D eigenvalue weighted by Gasteiger charge is 2.19. The molecule has 4 heteroatoms. The normalized spacial score (nSPS) is 14.3. The Morgan fingerprint density at radius 2 is 2.00 bits per heavy atom. The van der Waals surface area contributed by atoms with Crippen molar-refractivity contribution < 1.29 is 0 Å². The third kappa shape index (κ3) is 2.70. The van der Waals surface area contributed by atoms with Gasteiger partial charge in [-0.1, -0.05) is 13.8 Å². The molecule has 1 N–H and O–H groups in total. The van der Waals surface area contributed by atoms with Gasteiger partial charge in [0.1, 0.15) is 5.82 Å². The van der Waals surface area contributed by atoms with Crippen molar-refractivity contribution >= 4 is 0 Å². The fraction of sp³-hybridized carbons (Fsp3) is 0.438. The summed E-state index contributed by atoms with van der Waals surface area (Å²) in [5, 5.41) is 3.42. The molecule has 20 heavy (non-hydrogen) atoms. The Morgan fingerprint density at radius 1 is 1.20 bits per heavy atom. The van der Waals surface area contributed by atoms with Gasteiger partial charge in [-0.3, -0.25) is 4.98 Å². The number of rotatable bonds is 3. The van der Waals surface area contributed by atoms with Gasteiger partial charge in [0.05, 0.1) is 11.4 Å². The Balaban J connectivity index is 1.97. The third-order valence-corrected chi connectivity index (χ3v) is 3.67. The van der Waals surface area contributed by atoms with Crippen LogP contribution in [-0.4, -0.2) is 21.5 Å². The van der Waals surface area contributed by atoms with E-state index in [4.69, 9.17) is 9.97 Å². The zero-order valence-corrected chi connectivity index (χ0v) is 12.1. The van der Waals surface area contributed by atoms with Gasteiger partial charge in [-0.2, -0.15) is 0 Å². The summed E-state index contributed by atoms with van der Waals surface area (Å²) in [6.45, 7) is 6.31. The smallest absolute Gasteiger partial charge is 0.133 e. The third-order valence-electron chi connectivity index (χ3n) is 3.67. The van der Waals surface area contributed by atoms with Gasteiger partial charge >= 0.3 is 0 Å². The molecule has 0 saturated heterocycles. The van der Waals surface area contributed by atoms with Gasteiger partial charge in [-0.05, 0) is 23.6 Å². The van der Waals surface area contributed by atoms with Gasteiger partial charge in [0.15, 0.2) is 0 Å². The second-order valence-corrected chi connectivity index (χ2v) is 5.56. The predicted molar refractivity (Wildman–Crippen MR) is 78.6 cm³/mol. The van der Waals surface area contributed by atoms with Crippen molar-refractivity contribution in [3.63, 3.8) is 0 Å². The van der Waals surface area contributed by atoms with E-state index < -0.39 is 0 Å². The first kappa shape index (κ1) is 13.2. The molecule has 2 aromatic heterocycles. The molecule has 104 valence electrons. The summed E-state index contributed by atoms with van der Waals surface area (Å²) in [7, 11) is 0. The van der Waals surface area contributed by atoms with E-state index in [-0.39, 0.29) is 0 Å². The summed E-state index contributed by atoms with van der Waals surface area (Å²) < 4.78 is 0. The molecule has 1 aliphatic rings. The van der Waals surface area contributed by atoms with Crippen molar-refractivity contribution in [2.45, 2.75) is 39.2 Å². The van der Waals surface area contributed by atoms with Gasteiger partial charge in [-0.15, -0.1) is 0 Å². The summed E-state index contributed by atoms with van der Waals surface area (Å²) >= 11 is 0. The molecule has 1 aliphatic heterocycles. The molecule has 0 atom stereocenters. The van der Waals surface area contributed by atoms with Crippen LogP contribution in [0, 0.1) is 0 Å². The molecule has 0 unspecified atom stereocenters. The minimum atomic E-state index is 0.433. The van der Waals surface area contributed by atoms with Crippen molar-refractivity contribution in [3.8, 4) is 0 Å². The molecule has 0 aromatic carbocycles. The highest BCUT2D eigenvalue weighted by Crippen LogP contribution is 2.23. The fourth-order valence-electron chi connectivity index (χ4n) is 2.66. The molecule has 0 aliphatic carbocycles. The van der Waals surface area contributed by atoms with Gasteiger partial charge in [-0.25, -0.2) is 9.97 Å². The summed E-state index contributed by atoms with van der Waals surface area (Å²) in [4.78, 5) is 13.6. The Bertz CT molecular complexity index is 593. The average molecular weight is 268 g/mol. The summed E-state index contributed by atoms with van der Waals surface area (Å²) in [5.41, 5.74) is 4.95. The quantitative estimate of drug-likeness (QED) is 0.927. The number of fused-ring (bicyclic) bond motifs is 1. The zero-order chi connectivity index (χ0) is 13.9. The first-order chi connectivity index (χ1) is 9.74. The molecule has 0 spiro atoms. The van der Waals surface area contributed by atoms with Crippen LogP contribution in [0.5, 0.6) is 0 Å². The number of nitrogens with zero attached hydrogens (tertiary/aromatic N) is 3. The molecule has 4 nitrogen and oxygen atoms in total. The Morgan fingerprint density at radius 3 is 2.75 bits per heavy atom. The molecule has 2 aromatic rings. The molecular formula is C16H20N4. The van der Waals surface area contributed by atoms with Crippen molar-refractivity contribution in [2.75, 3.05) is 6.54 Å². The van der Waals surface area contributed by atoms with E-state index in [1.807, 2.05) is 24.5 Å².